The number of hydrogen-bond acceptors (Lipinski definition) is 3. The van der Waals surface area contributed by atoms with Gasteiger partial charge < -0.3 is 16.0 Å². The highest BCUT2D eigenvalue weighted by molar-refractivity contribution is 5.94. The smallest absolute Gasteiger partial charge is 0.251 e. The molecule has 3 rings (SSSR count). The minimum atomic E-state index is -0.158. The summed E-state index contributed by atoms with van der Waals surface area (Å²) < 4.78 is 0. The topological polar surface area (TPSA) is 83.8 Å². The van der Waals surface area contributed by atoms with Gasteiger partial charge in [0.15, 0.2) is 0 Å². The van der Waals surface area contributed by atoms with E-state index in [0.29, 0.717) is 18.0 Å². The number of nitrogens with one attached hydrogen (secondary N) is 2. The number of rotatable bonds is 6. The number of imidazole rings is 1. The third-order valence-electron chi connectivity index (χ3n) is 4.20. The highest BCUT2D eigenvalue weighted by Gasteiger charge is 2.20. The number of aromatic nitrogens is 2. The van der Waals surface area contributed by atoms with E-state index in [0.717, 1.165) is 28.8 Å². The molecule has 1 atom stereocenters. The Hall–Kier alpha value is -2.66. The summed E-state index contributed by atoms with van der Waals surface area (Å²) >= 11 is 0. The van der Waals surface area contributed by atoms with Crippen molar-refractivity contribution in [2.24, 2.45) is 11.7 Å². The maximum atomic E-state index is 12.6. The zero-order valence-corrected chi connectivity index (χ0v) is 14.6. The molecule has 0 spiro atoms. The number of carbonyl (C=O) groups excluding carboxylic acids is 1. The monoisotopic (exact) mass is 336 g/mol. The van der Waals surface area contributed by atoms with E-state index in [1.807, 2.05) is 48.5 Å². The second-order valence-corrected chi connectivity index (χ2v) is 6.70. The molecule has 5 nitrogen and oxygen atoms in total. The van der Waals surface area contributed by atoms with E-state index >= 15 is 0 Å². The maximum Gasteiger partial charge on any atom is 0.251 e. The Morgan fingerprint density at radius 1 is 1.16 bits per heavy atom. The first-order chi connectivity index (χ1) is 12.1. The Morgan fingerprint density at radius 2 is 1.88 bits per heavy atom. The molecule has 3 aromatic rings. The average Bonchev–Trinajstić information content (AvgIpc) is 3.05. The molecule has 0 fully saturated rings. The van der Waals surface area contributed by atoms with E-state index in [2.05, 4.69) is 29.1 Å². The van der Waals surface area contributed by atoms with E-state index < -0.39 is 0 Å². The molecule has 1 heterocycles. The number of aromatic amines is 1. The molecular weight excluding hydrogens is 312 g/mol. The van der Waals surface area contributed by atoms with Crippen molar-refractivity contribution in [3.05, 3.63) is 65.5 Å². The van der Waals surface area contributed by atoms with Crippen molar-refractivity contribution in [3.8, 4) is 0 Å². The SMILES string of the molecule is CC(C)CC(NC(=O)c1ccc(CN)cc1)c1nc2ccccc2[nH]1. The van der Waals surface area contributed by atoms with Crippen LogP contribution in [0, 0.1) is 5.92 Å². The van der Waals surface area contributed by atoms with Gasteiger partial charge in [-0.1, -0.05) is 38.1 Å². The van der Waals surface area contributed by atoms with Crippen LogP contribution in [-0.2, 0) is 6.54 Å². The van der Waals surface area contributed by atoms with E-state index in [-0.39, 0.29) is 11.9 Å². The van der Waals surface area contributed by atoms with Crippen molar-refractivity contribution in [2.45, 2.75) is 32.9 Å². The Labute approximate surface area is 147 Å². The Morgan fingerprint density at radius 3 is 2.52 bits per heavy atom. The van der Waals surface area contributed by atoms with Crippen LogP contribution in [0.4, 0.5) is 0 Å². The number of carbonyl (C=O) groups is 1. The molecule has 0 radical (unpaired) electrons. The van der Waals surface area contributed by atoms with Crippen LogP contribution >= 0.6 is 0 Å². The molecule has 2 aromatic carbocycles. The predicted molar refractivity (Wildman–Crippen MR) is 100 cm³/mol. The highest BCUT2D eigenvalue weighted by atomic mass is 16.1. The molecule has 0 saturated carbocycles. The fourth-order valence-corrected chi connectivity index (χ4v) is 2.88. The molecule has 5 heteroatoms. The van der Waals surface area contributed by atoms with Gasteiger partial charge in [-0.05, 0) is 42.2 Å². The Bertz CT molecular complexity index is 819. The third-order valence-corrected chi connectivity index (χ3v) is 4.20. The molecule has 4 N–H and O–H groups in total. The van der Waals surface area contributed by atoms with Gasteiger partial charge in [0.25, 0.3) is 5.91 Å². The number of nitrogens with two attached hydrogens (primary N) is 1. The second kappa shape index (κ2) is 7.49. The first-order valence-electron chi connectivity index (χ1n) is 8.61. The van der Waals surface area contributed by atoms with Crippen LogP contribution in [-0.4, -0.2) is 15.9 Å². The van der Waals surface area contributed by atoms with Gasteiger partial charge in [0, 0.05) is 12.1 Å². The standard InChI is InChI=1S/C20H24N4O/c1-13(2)11-18(19-22-16-5-3-4-6-17(16)23-19)24-20(25)15-9-7-14(12-21)8-10-15/h3-10,13,18H,11-12,21H2,1-2H3,(H,22,23)(H,24,25). The molecular formula is C20H24N4O. The van der Waals surface area contributed by atoms with Crippen LogP contribution in [0.3, 0.4) is 0 Å². The average molecular weight is 336 g/mol. The number of nitrogens with zero attached hydrogens (tertiary/aromatic N) is 1. The van der Waals surface area contributed by atoms with Gasteiger partial charge in [-0.3, -0.25) is 4.79 Å². The highest BCUT2D eigenvalue weighted by Crippen LogP contribution is 2.22. The van der Waals surface area contributed by atoms with Gasteiger partial charge in [0.1, 0.15) is 5.82 Å². The van der Waals surface area contributed by atoms with Gasteiger partial charge in [-0.2, -0.15) is 0 Å². The lowest BCUT2D eigenvalue weighted by Gasteiger charge is -2.19. The summed E-state index contributed by atoms with van der Waals surface area (Å²) in [6.45, 7) is 4.74. The van der Waals surface area contributed by atoms with Gasteiger partial charge in [0.2, 0.25) is 0 Å². The molecule has 0 aliphatic carbocycles. The van der Waals surface area contributed by atoms with Crippen LogP contribution in [0.25, 0.3) is 11.0 Å². The quantitative estimate of drug-likeness (QED) is 0.644. The normalized spacial score (nSPS) is 12.5. The molecule has 1 aromatic heterocycles. The second-order valence-electron chi connectivity index (χ2n) is 6.70. The largest absolute Gasteiger partial charge is 0.342 e. The summed E-state index contributed by atoms with van der Waals surface area (Å²) in [5.74, 6) is 1.12. The minimum Gasteiger partial charge on any atom is -0.342 e. The predicted octanol–water partition coefficient (Wildman–Crippen LogP) is 3.54. The number of amides is 1. The van der Waals surface area contributed by atoms with Crippen molar-refractivity contribution < 1.29 is 4.79 Å². The molecule has 0 aliphatic heterocycles. The molecule has 0 aliphatic rings. The summed E-state index contributed by atoms with van der Waals surface area (Å²) in [7, 11) is 0. The number of benzene rings is 2. The van der Waals surface area contributed by atoms with Crippen LogP contribution < -0.4 is 11.1 Å². The first-order valence-corrected chi connectivity index (χ1v) is 8.61. The van der Waals surface area contributed by atoms with Crippen LogP contribution in [0.2, 0.25) is 0 Å². The minimum absolute atomic E-state index is 0.102. The fourth-order valence-electron chi connectivity index (χ4n) is 2.88. The molecule has 0 bridgehead atoms. The summed E-state index contributed by atoms with van der Waals surface area (Å²) in [5.41, 5.74) is 9.13. The van der Waals surface area contributed by atoms with Crippen LogP contribution in [0.5, 0.6) is 0 Å². The molecule has 0 saturated heterocycles. The first kappa shape index (κ1) is 17.2. The van der Waals surface area contributed by atoms with Crippen molar-refractivity contribution in [1.82, 2.24) is 15.3 Å². The van der Waals surface area contributed by atoms with E-state index in [4.69, 9.17) is 5.73 Å². The van der Waals surface area contributed by atoms with Gasteiger partial charge in [-0.15, -0.1) is 0 Å². The summed E-state index contributed by atoms with van der Waals surface area (Å²) in [4.78, 5) is 20.6. The van der Waals surface area contributed by atoms with Gasteiger partial charge >= 0.3 is 0 Å². The molecule has 1 amide bonds. The van der Waals surface area contributed by atoms with Gasteiger partial charge in [-0.25, -0.2) is 4.98 Å². The van der Waals surface area contributed by atoms with Gasteiger partial charge in [0.05, 0.1) is 17.1 Å². The summed E-state index contributed by atoms with van der Waals surface area (Å²) in [5, 5.41) is 3.12. The number of fused-ring (bicyclic) bond motifs is 1. The zero-order chi connectivity index (χ0) is 17.8. The number of hydrogen-bond donors (Lipinski definition) is 3. The van der Waals surface area contributed by atoms with E-state index in [9.17, 15) is 4.79 Å². The lowest BCUT2D eigenvalue weighted by Crippen LogP contribution is -2.30. The molecule has 130 valence electrons. The molecule has 25 heavy (non-hydrogen) atoms. The summed E-state index contributed by atoms with van der Waals surface area (Å²) in [6.07, 6.45) is 0.812. The van der Waals surface area contributed by atoms with Crippen molar-refractivity contribution >= 4 is 16.9 Å². The maximum absolute atomic E-state index is 12.6. The number of para-hydroxylation sites is 2. The van der Waals surface area contributed by atoms with Crippen molar-refractivity contribution in [2.75, 3.05) is 0 Å². The fraction of sp³-hybridized carbons (Fsp3) is 0.300. The lowest BCUT2D eigenvalue weighted by molar-refractivity contribution is 0.0930. The number of H-pyrrole nitrogens is 1. The lowest BCUT2D eigenvalue weighted by atomic mass is 10.0. The Kier molecular flexibility index (Phi) is 5.14. The van der Waals surface area contributed by atoms with E-state index in [1.165, 1.54) is 0 Å². The summed E-state index contributed by atoms with van der Waals surface area (Å²) in [6, 6.07) is 15.1. The Balaban J connectivity index is 1.83. The third kappa shape index (κ3) is 4.06. The van der Waals surface area contributed by atoms with Crippen LogP contribution in [0.1, 0.15) is 48.1 Å². The van der Waals surface area contributed by atoms with E-state index in [1.54, 1.807) is 0 Å². The van der Waals surface area contributed by atoms with Crippen molar-refractivity contribution in [3.63, 3.8) is 0 Å². The molecule has 1 unspecified atom stereocenters. The van der Waals surface area contributed by atoms with Crippen LogP contribution in [0.15, 0.2) is 48.5 Å². The van der Waals surface area contributed by atoms with Crippen molar-refractivity contribution in [1.29, 1.82) is 0 Å². The zero-order valence-electron chi connectivity index (χ0n) is 14.6.